The summed E-state index contributed by atoms with van der Waals surface area (Å²) in [7, 11) is 0. The Labute approximate surface area is 210 Å². The Morgan fingerprint density at radius 3 is 2.11 bits per heavy atom. The third-order valence-corrected chi connectivity index (χ3v) is 6.28. The first-order valence-corrected chi connectivity index (χ1v) is 11.4. The van der Waals surface area contributed by atoms with Gasteiger partial charge in [-0.3, -0.25) is 10.1 Å². The van der Waals surface area contributed by atoms with Crippen LogP contribution >= 0.6 is 0 Å². The van der Waals surface area contributed by atoms with Crippen molar-refractivity contribution in [2.45, 2.75) is 69.0 Å². The molecule has 5 N–H and O–H groups in total. The summed E-state index contributed by atoms with van der Waals surface area (Å²) in [5.74, 6) is -0.471. The number of aliphatic hydroxyl groups is 1. The van der Waals surface area contributed by atoms with Crippen LogP contribution in [0.25, 0.3) is 0 Å². The van der Waals surface area contributed by atoms with Crippen LogP contribution in [0.4, 0.5) is 26.3 Å². The van der Waals surface area contributed by atoms with Crippen molar-refractivity contribution in [2.75, 3.05) is 6.61 Å². The van der Waals surface area contributed by atoms with Crippen molar-refractivity contribution in [1.82, 2.24) is 10.6 Å². The number of aliphatic hydroxyl groups excluding tert-OH is 1. The van der Waals surface area contributed by atoms with E-state index < -0.39 is 58.8 Å². The van der Waals surface area contributed by atoms with Gasteiger partial charge in [-0.05, 0) is 50.1 Å². The molecule has 1 amide bonds. The predicted octanol–water partition coefficient (Wildman–Crippen LogP) is 4.23. The molecule has 1 aliphatic rings. The first-order valence-electron chi connectivity index (χ1n) is 11.4. The number of hydrogen-bond acceptors (Lipinski definition) is 5. The van der Waals surface area contributed by atoms with Gasteiger partial charge >= 0.3 is 12.4 Å². The molecule has 3 rings (SSSR count). The highest BCUT2D eigenvalue weighted by Crippen LogP contribution is 2.39. The normalized spacial score (nSPS) is 22.6. The van der Waals surface area contributed by atoms with Crippen molar-refractivity contribution in [3.05, 3.63) is 70.8 Å². The third kappa shape index (κ3) is 6.81. The molecule has 1 fully saturated rings. The van der Waals surface area contributed by atoms with Gasteiger partial charge in [0.05, 0.1) is 35.4 Å². The molecule has 0 spiro atoms. The SMILES string of the molecule is C[C@@H](OC[C@@]1(c2ccccc2)C[C@H](NC(O)C(C)(C)N)C(=O)N1)c1cc(C(F)(F)F)cc(C(F)(F)F)c1. The molecule has 1 heterocycles. The molecule has 1 aliphatic heterocycles. The summed E-state index contributed by atoms with van der Waals surface area (Å²) in [5, 5.41) is 15.9. The van der Waals surface area contributed by atoms with Gasteiger partial charge in [-0.25, -0.2) is 0 Å². The van der Waals surface area contributed by atoms with Gasteiger partial charge in [0.1, 0.15) is 6.23 Å². The number of benzene rings is 2. The Morgan fingerprint density at radius 2 is 1.62 bits per heavy atom. The van der Waals surface area contributed by atoms with E-state index >= 15 is 0 Å². The molecule has 2 aromatic carbocycles. The Kier molecular flexibility index (Phi) is 8.00. The van der Waals surface area contributed by atoms with E-state index in [2.05, 4.69) is 10.6 Å². The van der Waals surface area contributed by atoms with Crippen LogP contribution in [0.2, 0.25) is 0 Å². The molecule has 4 atom stereocenters. The molecule has 12 heteroatoms. The summed E-state index contributed by atoms with van der Waals surface area (Å²) in [6, 6.07) is 9.01. The minimum absolute atomic E-state index is 0.0549. The third-order valence-electron chi connectivity index (χ3n) is 6.28. The van der Waals surface area contributed by atoms with Crippen LogP contribution in [0.3, 0.4) is 0 Å². The number of alkyl halides is 6. The van der Waals surface area contributed by atoms with Crippen molar-refractivity contribution in [3.8, 4) is 0 Å². The molecule has 0 aromatic heterocycles. The van der Waals surface area contributed by atoms with Gasteiger partial charge < -0.3 is 20.9 Å². The minimum Gasteiger partial charge on any atom is -0.377 e. The van der Waals surface area contributed by atoms with Crippen molar-refractivity contribution in [1.29, 1.82) is 0 Å². The zero-order valence-corrected chi connectivity index (χ0v) is 20.4. The average molecular weight is 534 g/mol. The number of ether oxygens (including phenoxy) is 1. The van der Waals surface area contributed by atoms with E-state index in [1.54, 1.807) is 44.2 Å². The topological polar surface area (TPSA) is 96.6 Å². The second-order valence-electron chi connectivity index (χ2n) is 9.88. The molecule has 0 radical (unpaired) electrons. The largest absolute Gasteiger partial charge is 0.416 e. The van der Waals surface area contributed by atoms with Crippen LogP contribution in [0.15, 0.2) is 48.5 Å². The first-order chi connectivity index (χ1) is 16.9. The van der Waals surface area contributed by atoms with Gasteiger partial charge in [-0.1, -0.05) is 30.3 Å². The maximum Gasteiger partial charge on any atom is 0.416 e. The number of nitrogens with two attached hydrogens (primary N) is 1. The fraction of sp³-hybridized carbons (Fsp3) is 0.480. The number of carbonyl (C=O) groups excluding carboxylic acids is 1. The van der Waals surface area contributed by atoms with Crippen LogP contribution in [-0.2, 0) is 27.4 Å². The smallest absolute Gasteiger partial charge is 0.377 e. The lowest BCUT2D eigenvalue weighted by atomic mass is 9.87. The van der Waals surface area contributed by atoms with E-state index in [4.69, 9.17) is 10.5 Å². The van der Waals surface area contributed by atoms with E-state index in [0.29, 0.717) is 17.7 Å². The number of amides is 1. The van der Waals surface area contributed by atoms with Gasteiger partial charge in [-0.2, -0.15) is 26.3 Å². The van der Waals surface area contributed by atoms with E-state index in [1.807, 2.05) is 0 Å². The highest BCUT2D eigenvalue weighted by molar-refractivity contribution is 5.85. The van der Waals surface area contributed by atoms with E-state index in [0.717, 1.165) is 0 Å². The lowest BCUT2D eigenvalue weighted by Crippen LogP contribution is -2.57. The van der Waals surface area contributed by atoms with Gasteiger partial charge in [-0.15, -0.1) is 0 Å². The fourth-order valence-electron chi connectivity index (χ4n) is 4.06. The van der Waals surface area contributed by atoms with Crippen LogP contribution in [0, 0.1) is 0 Å². The molecular formula is C25H29F6N3O3. The van der Waals surface area contributed by atoms with Crippen LogP contribution in [0.1, 0.15) is 55.5 Å². The second kappa shape index (κ2) is 10.2. The number of halogens is 6. The minimum atomic E-state index is -4.99. The molecule has 37 heavy (non-hydrogen) atoms. The van der Waals surface area contributed by atoms with Crippen molar-refractivity contribution < 1.29 is 41.0 Å². The zero-order chi connectivity index (χ0) is 27.8. The highest BCUT2D eigenvalue weighted by Gasteiger charge is 2.47. The van der Waals surface area contributed by atoms with E-state index in [-0.39, 0.29) is 24.7 Å². The van der Waals surface area contributed by atoms with Crippen molar-refractivity contribution in [3.63, 3.8) is 0 Å². The van der Waals surface area contributed by atoms with Crippen LogP contribution in [-0.4, -0.2) is 35.4 Å². The summed E-state index contributed by atoms with van der Waals surface area (Å²) >= 11 is 0. The average Bonchev–Trinajstić information content (AvgIpc) is 3.12. The molecule has 6 nitrogen and oxygen atoms in total. The number of carbonyl (C=O) groups is 1. The lowest BCUT2D eigenvalue weighted by Gasteiger charge is -2.32. The molecule has 2 aromatic rings. The predicted molar refractivity (Wildman–Crippen MR) is 123 cm³/mol. The monoisotopic (exact) mass is 533 g/mol. The van der Waals surface area contributed by atoms with Gasteiger partial charge in [0.25, 0.3) is 0 Å². The molecule has 0 bridgehead atoms. The quantitative estimate of drug-likeness (QED) is 0.301. The van der Waals surface area contributed by atoms with Gasteiger partial charge in [0.15, 0.2) is 0 Å². The van der Waals surface area contributed by atoms with Crippen LogP contribution in [0.5, 0.6) is 0 Å². The fourth-order valence-corrected chi connectivity index (χ4v) is 4.06. The summed E-state index contributed by atoms with van der Waals surface area (Å²) in [6.45, 7) is 4.21. The van der Waals surface area contributed by atoms with Gasteiger partial charge in [0, 0.05) is 12.0 Å². The summed E-state index contributed by atoms with van der Waals surface area (Å²) < 4.78 is 85.6. The molecule has 1 unspecified atom stereocenters. The van der Waals surface area contributed by atoms with E-state index in [1.165, 1.54) is 6.92 Å². The number of hydrogen-bond donors (Lipinski definition) is 4. The zero-order valence-electron chi connectivity index (χ0n) is 20.4. The first kappa shape index (κ1) is 28.9. The number of nitrogens with one attached hydrogen (secondary N) is 2. The Balaban J connectivity index is 1.89. The molecule has 0 saturated carbocycles. The molecule has 204 valence electrons. The Morgan fingerprint density at radius 1 is 1.08 bits per heavy atom. The Hall–Kier alpha value is -2.67. The summed E-state index contributed by atoms with van der Waals surface area (Å²) in [5.41, 5.74) is 1.08. The van der Waals surface area contributed by atoms with Crippen LogP contribution < -0.4 is 16.4 Å². The summed E-state index contributed by atoms with van der Waals surface area (Å²) in [4.78, 5) is 12.8. The molecular weight excluding hydrogens is 504 g/mol. The number of rotatable bonds is 8. The van der Waals surface area contributed by atoms with Crippen molar-refractivity contribution >= 4 is 5.91 Å². The maximum absolute atomic E-state index is 13.3. The molecule has 1 saturated heterocycles. The Bertz CT molecular complexity index is 1070. The van der Waals surface area contributed by atoms with Crippen molar-refractivity contribution in [2.24, 2.45) is 5.73 Å². The van der Waals surface area contributed by atoms with E-state index in [9.17, 15) is 36.2 Å². The molecule has 0 aliphatic carbocycles. The highest BCUT2D eigenvalue weighted by atomic mass is 19.4. The lowest BCUT2D eigenvalue weighted by molar-refractivity contribution is -0.143. The van der Waals surface area contributed by atoms with Gasteiger partial charge in [0.2, 0.25) is 5.91 Å². The second-order valence-corrected chi connectivity index (χ2v) is 9.88. The standard InChI is InChI=1S/C25H29F6N3O3/c1-14(15-9-17(24(26,27)28)11-18(10-15)25(29,30)31)37-13-23(16-7-5-4-6-8-16)12-19(20(35)34-23)33-21(36)22(2,3)32/h4-11,14,19,21,33,36H,12-13,32H2,1-3H3,(H,34,35)/t14-,19+,21?,23-/m1/s1. The summed E-state index contributed by atoms with van der Waals surface area (Å²) in [6.07, 6.45) is -12.3. The maximum atomic E-state index is 13.3.